The summed E-state index contributed by atoms with van der Waals surface area (Å²) in [5.74, 6) is -2.68. The Morgan fingerprint density at radius 2 is 1.93 bits per heavy atom. The van der Waals surface area contributed by atoms with Gasteiger partial charge < -0.3 is 4.90 Å². The lowest BCUT2D eigenvalue weighted by Gasteiger charge is -2.14. The Labute approximate surface area is 161 Å². The summed E-state index contributed by atoms with van der Waals surface area (Å²) >= 11 is 0. The number of aromatic nitrogens is 4. The van der Waals surface area contributed by atoms with E-state index in [4.69, 9.17) is 0 Å². The minimum atomic E-state index is -2.91. The lowest BCUT2D eigenvalue weighted by atomic mass is 9.95. The molecule has 0 bridgehead atoms. The predicted octanol–water partition coefficient (Wildman–Crippen LogP) is 3.28. The van der Waals surface area contributed by atoms with Crippen molar-refractivity contribution in [2.45, 2.75) is 19.3 Å². The second-order valence-electron chi connectivity index (χ2n) is 6.94. The molecule has 1 aromatic heterocycles. The Kier molecular flexibility index (Phi) is 5.22. The molecule has 28 heavy (non-hydrogen) atoms. The van der Waals surface area contributed by atoms with E-state index in [1.165, 1.54) is 21.8 Å². The van der Waals surface area contributed by atoms with Crippen LogP contribution in [-0.4, -0.2) is 45.1 Å². The smallest absolute Gasteiger partial charge is 0.270 e. The molecule has 0 aliphatic carbocycles. The van der Waals surface area contributed by atoms with E-state index in [0.717, 1.165) is 18.1 Å². The van der Waals surface area contributed by atoms with Gasteiger partial charge in [-0.2, -0.15) is 4.80 Å². The van der Waals surface area contributed by atoms with Gasteiger partial charge in [0.25, 0.3) is 11.8 Å². The van der Waals surface area contributed by atoms with Crippen LogP contribution in [-0.2, 0) is 19.4 Å². The third-order valence-corrected chi connectivity index (χ3v) is 4.34. The second kappa shape index (κ2) is 7.46. The molecule has 0 radical (unpaired) electrons. The largest absolute Gasteiger partial charge is 0.345 e. The van der Waals surface area contributed by atoms with E-state index in [0.29, 0.717) is 23.4 Å². The van der Waals surface area contributed by atoms with Crippen LogP contribution in [0.2, 0.25) is 0 Å². The molecule has 0 atom stereocenters. The average molecular weight is 385 g/mol. The Bertz CT molecular complexity index is 1010. The van der Waals surface area contributed by atoms with Crippen molar-refractivity contribution in [3.63, 3.8) is 0 Å². The molecule has 0 aliphatic heterocycles. The van der Waals surface area contributed by atoms with Gasteiger partial charge in [0.2, 0.25) is 5.82 Å². The molecule has 1 heterocycles. The summed E-state index contributed by atoms with van der Waals surface area (Å²) in [5, 5.41) is 12.1. The molecule has 2 aromatic carbocycles. The number of tetrazole rings is 1. The summed E-state index contributed by atoms with van der Waals surface area (Å²) in [6.45, 7) is 0.878. The number of carbonyl (C=O) groups excluding carboxylic acids is 1. The van der Waals surface area contributed by atoms with Crippen LogP contribution >= 0.6 is 0 Å². The number of rotatable bonds is 5. The zero-order valence-corrected chi connectivity index (χ0v) is 16.1. The van der Waals surface area contributed by atoms with Crippen LogP contribution in [0, 0.1) is 0 Å². The zero-order chi connectivity index (χ0) is 20.5. The molecule has 0 aliphatic rings. The first kappa shape index (κ1) is 19.6. The molecule has 3 aromatic rings. The topological polar surface area (TPSA) is 63.9 Å². The first-order valence-electron chi connectivity index (χ1n) is 8.71. The van der Waals surface area contributed by atoms with E-state index in [2.05, 4.69) is 15.4 Å². The van der Waals surface area contributed by atoms with Crippen molar-refractivity contribution in [3.05, 3.63) is 64.7 Å². The molecule has 0 saturated heterocycles. The van der Waals surface area contributed by atoms with Crippen molar-refractivity contribution in [2.75, 3.05) is 14.1 Å². The number of carbonyl (C=O) groups is 1. The maximum absolute atomic E-state index is 13.7. The molecule has 1 amide bonds. The Morgan fingerprint density at radius 3 is 2.54 bits per heavy atom. The van der Waals surface area contributed by atoms with Gasteiger partial charge in [0.15, 0.2) is 0 Å². The van der Waals surface area contributed by atoms with Crippen molar-refractivity contribution in [3.8, 4) is 11.4 Å². The molecule has 3 rings (SSSR count). The molecule has 0 N–H and O–H groups in total. The highest BCUT2D eigenvalue weighted by molar-refractivity contribution is 5.95. The summed E-state index contributed by atoms with van der Waals surface area (Å²) in [4.78, 5) is 15.2. The van der Waals surface area contributed by atoms with E-state index < -0.39 is 5.92 Å². The molecule has 8 heteroatoms. The maximum atomic E-state index is 13.7. The predicted molar refractivity (Wildman–Crippen MR) is 101 cm³/mol. The molecule has 0 unspecified atom stereocenters. The van der Waals surface area contributed by atoms with E-state index >= 15 is 0 Å². The minimum Gasteiger partial charge on any atom is -0.345 e. The van der Waals surface area contributed by atoms with Gasteiger partial charge in [0.1, 0.15) is 0 Å². The SMILES string of the molecule is CN(C)C(=O)c1ccc(Cc2cccc(C(C)(F)F)c2)c(-c2nnn(C)n2)c1. The van der Waals surface area contributed by atoms with E-state index in [1.54, 1.807) is 51.5 Å². The van der Waals surface area contributed by atoms with E-state index in [9.17, 15) is 13.6 Å². The molecule has 6 nitrogen and oxygen atoms in total. The van der Waals surface area contributed by atoms with Crippen LogP contribution in [0.5, 0.6) is 0 Å². The maximum Gasteiger partial charge on any atom is 0.270 e. The van der Waals surface area contributed by atoms with Crippen LogP contribution in [0.15, 0.2) is 42.5 Å². The second-order valence-corrected chi connectivity index (χ2v) is 6.94. The molecule has 0 fully saturated rings. The summed E-state index contributed by atoms with van der Waals surface area (Å²) in [7, 11) is 5.00. The van der Waals surface area contributed by atoms with Crippen LogP contribution < -0.4 is 0 Å². The van der Waals surface area contributed by atoms with Crippen LogP contribution in [0.1, 0.15) is 34.0 Å². The highest BCUT2D eigenvalue weighted by atomic mass is 19.3. The van der Waals surface area contributed by atoms with Crippen molar-refractivity contribution >= 4 is 5.91 Å². The summed E-state index contributed by atoms with van der Waals surface area (Å²) in [6.07, 6.45) is 0.397. The third-order valence-electron chi connectivity index (χ3n) is 4.34. The van der Waals surface area contributed by atoms with Gasteiger partial charge >= 0.3 is 0 Å². The minimum absolute atomic E-state index is 0.0383. The van der Waals surface area contributed by atoms with E-state index in [1.807, 2.05) is 0 Å². The average Bonchev–Trinajstić information content (AvgIpc) is 3.07. The quantitative estimate of drug-likeness (QED) is 0.676. The fraction of sp³-hybridized carbons (Fsp3) is 0.300. The van der Waals surface area contributed by atoms with Crippen molar-refractivity contribution in [1.82, 2.24) is 25.1 Å². The number of benzene rings is 2. The van der Waals surface area contributed by atoms with Gasteiger partial charge in [0, 0.05) is 37.7 Å². The first-order valence-corrected chi connectivity index (χ1v) is 8.71. The fourth-order valence-corrected chi connectivity index (χ4v) is 2.90. The fourth-order valence-electron chi connectivity index (χ4n) is 2.90. The Morgan fingerprint density at radius 1 is 1.18 bits per heavy atom. The van der Waals surface area contributed by atoms with Crippen molar-refractivity contribution < 1.29 is 13.6 Å². The van der Waals surface area contributed by atoms with Crippen molar-refractivity contribution in [2.24, 2.45) is 7.05 Å². The number of amides is 1. The summed E-state index contributed by atoms with van der Waals surface area (Å²) in [5.41, 5.74) is 2.65. The molecule has 0 spiro atoms. The van der Waals surface area contributed by atoms with Crippen molar-refractivity contribution in [1.29, 1.82) is 0 Å². The third kappa shape index (κ3) is 4.21. The Hall–Kier alpha value is -3.16. The number of hydrogen-bond acceptors (Lipinski definition) is 4. The van der Waals surface area contributed by atoms with Crippen LogP contribution in [0.3, 0.4) is 0 Å². The van der Waals surface area contributed by atoms with Gasteiger partial charge in [-0.1, -0.05) is 24.3 Å². The first-order chi connectivity index (χ1) is 13.1. The van der Waals surface area contributed by atoms with Gasteiger partial charge in [-0.15, -0.1) is 10.2 Å². The summed E-state index contributed by atoms with van der Waals surface area (Å²) < 4.78 is 27.3. The van der Waals surface area contributed by atoms with Crippen LogP contribution in [0.4, 0.5) is 8.78 Å². The molecular formula is C20H21F2N5O. The highest BCUT2D eigenvalue weighted by Crippen LogP contribution is 2.29. The van der Waals surface area contributed by atoms with Crippen LogP contribution in [0.25, 0.3) is 11.4 Å². The molecular weight excluding hydrogens is 364 g/mol. The standard InChI is InChI=1S/C20H21F2N5O/c1-20(21,22)16-7-5-6-13(11-16)10-14-8-9-15(19(28)26(2)3)12-17(14)18-23-25-27(4)24-18/h5-9,11-12H,10H2,1-4H3. The van der Waals surface area contributed by atoms with E-state index in [-0.39, 0.29) is 11.5 Å². The molecule has 146 valence electrons. The lowest BCUT2D eigenvalue weighted by Crippen LogP contribution is -2.21. The molecule has 0 saturated carbocycles. The number of alkyl halides is 2. The van der Waals surface area contributed by atoms with Gasteiger partial charge in [-0.25, -0.2) is 8.78 Å². The highest BCUT2D eigenvalue weighted by Gasteiger charge is 2.24. The summed E-state index contributed by atoms with van der Waals surface area (Å²) in [6, 6.07) is 11.6. The van der Waals surface area contributed by atoms with Gasteiger partial charge in [-0.3, -0.25) is 4.79 Å². The normalized spacial score (nSPS) is 11.5. The number of hydrogen-bond donors (Lipinski definition) is 0. The zero-order valence-electron chi connectivity index (χ0n) is 16.1. The monoisotopic (exact) mass is 385 g/mol. The number of nitrogens with zero attached hydrogens (tertiary/aromatic N) is 5. The lowest BCUT2D eigenvalue weighted by molar-refractivity contribution is 0.0174. The van der Waals surface area contributed by atoms with Gasteiger partial charge in [0.05, 0.1) is 7.05 Å². The van der Waals surface area contributed by atoms with Gasteiger partial charge in [-0.05, 0) is 41.0 Å². The number of halogens is 2. The number of aryl methyl sites for hydroxylation is 1. The Balaban J connectivity index is 2.04.